The molecule has 0 aromatic heterocycles. The van der Waals surface area contributed by atoms with Crippen LogP contribution in [0.4, 0.5) is 0 Å². The van der Waals surface area contributed by atoms with Gasteiger partial charge in [-0.1, -0.05) is 25.0 Å². The fourth-order valence-electron chi connectivity index (χ4n) is 4.62. The molecule has 0 radical (unpaired) electrons. The van der Waals surface area contributed by atoms with Crippen LogP contribution in [0.15, 0.2) is 24.3 Å². The van der Waals surface area contributed by atoms with Gasteiger partial charge in [-0.2, -0.15) is 0 Å². The monoisotopic (exact) mass is 384 g/mol. The van der Waals surface area contributed by atoms with Crippen molar-refractivity contribution in [3.8, 4) is 5.75 Å². The molecule has 1 aromatic carbocycles. The molecular weight excluding hydrogens is 356 g/mol. The van der Waals surface area contributed by atoms with E-state index in [2.05, 4.69) is 5.32 Å². The first-order valence-electron chi connectivity index (χ1n) is 10.4. The van der Waals surface area contributed by atoms with Crippen molar-refractivity contribution in [2.75, 3.05) is 13.7 Å². The quantitative estimate of drug-likeness (QED) is 0.734. The van der Waals surface area contributed by atoms with Crippen molar-refractivity contribution in [2.24, 2.45) is 17.8 Å². The molecule has 1 aliphatic heterocycles. The summed E-state index contributed by atoms with van der Waals surface area (Å²) in [6, 6.07) is 7.76. The average Bonchev–Trinajstić information content (AvgIpc) is 3.53. The zero-order chi connectivity index (χ0) is 19.7. The second-order valence-electron chi connectivity index (χ2n) is 8.23. The summed E-state index contributed by atoms with van der Waals surface area (Å²) < 4.78 is 5.21. The molecule has 0 spiro atoms. The number of carbonyl (C=O) groups excluding carboxylic acids is 3. The summed E-state index contributed by atoms with van der Waals surface area (Å²) in [4.78, 5) is 39.0. The Morgan fingerprint density at radius 2 is 1.68 bits per heavy atom. The maximum absolute atomic E-state index is 12.6. The van der Waals surface area contributed by atoms with Gasteiger partial charge in [-0.3, -0.25) is 19.3 Å². The predicted octanol–water partition coefficient (Wildman–Crippen LogP) is 2.83. The minimum atomic E-state index is -0.150. The van der Waals surface area contributed by atoms with E-state index in [9.17, 15) is 14.4 Å². The lowest BCUT2D eigenvalue weighted by atomic mass is 9.81. The summed E-state index contributed by atoms with van der Waals surface area (Å²) in [5, 5.41) is 3.12. The molecule has 1 aromatic rings. The zero-order valence-corrected chi connectivity index (χ0v) is 16.4. The summed E-state index contributed by atoms with van der Waals surface area (Å²) in [7, 11) is 1.63. The number of hydrogen-bond acceptors (Lipinski definition) is 4. The van der Waals surface area contributed by atoms with Crippen LogP contribution in [0.1, 0.15) is 56.6 Å². The lowest BCUT2D eigenvalue weighted by Gasteiger charge is -2.20. The SMILES string of the molecule is COc1ccc([C@@H](NC(=O)CCN2C(=O)[C@H]3CCCC[C@H]3C2=O)C2CC2)cc1. The number of rotatable bonds is 7. The highest BCUT2D eigenvalue weighted by molar-refractivity contribution is 6.05. The molecule has 3 fully saturated rings. The van der Waals surface area contributed by atoms with E-state index >= 15 is 0 Å². The molecule has 2 aliphatic carbocycles. The van der Waals surface area contributed by atoms with Crippen molar-refractivity contribution < 1.29 is 19.1 Å². The number of hydrogen-bond donors (Lipinski definition) is 1. The molecule has 1 heterocycles. The third-order valence-corrected chi connectivity index (χ3v) is 6.38. The fraction of sp³-hybridized carbons (Fsp3) is 0.591. The highest BCUT2D eigenvalue weighted by Gasteiger charge is 2.47. The number of imide groups is 1. The summed E-state index contributed by atoms with van der Waals surface area (Å²) in [6.45, 7) is 0.191. The molecule has 3 amide bonds. The maximum Gasteiger partial charge on any atom is 0.233 e. The zero-order valence-electron chi connectivity index (χ0n) is 16.4. The highest BCUT2D eigenvalue weighted by atomic mass is 16.5. The van der Waals surface area contributed by atoms with Crippen molar-refractivity contribution in [1.82, 2.24) is 10.2 Å². The molecule has 1 saturated heterocycles. The molecule has 3 atom stereocenters. The van der Waals surface area contributed by atoms with E-state index in [0.717, 1.165) is 49.8 Å². The maximum atomic E-state index is 12.6. The number of carbonyl (C=O) groups is 3. The minimum absolute atomic E-state index is 0.0223. The lowest BCUT2D eigenvalue weighted by molar-refractivity contribution is -0.140. The standard InChI is InChI=1S/C22H28N2O4/c1-28-16-10-8-15(9-11-16)20(14-6-7-14)23-19(25)12-13-24-21(26)17-4-2-3-5-18(17)22(24)27/h8-11,14,17-18,20H,2-7,12-13H2,1H3,(H,23,25)/t17-,18+,20-/m0/s1. The summed E-state index contributed by atoms with van der Waals surface area (Å²) in [5.41, 5.74) is 1.07. The minimum Gasteiger partial charge on any atom is -0.497 e. The van der Waals surface area contributed by atoms with E-state index in [1.807, 2.05) is 24.3 Å². The number of fused-ring (bicyclic) bond motifs is 1. The predicted molar refractivity (Wildman–Crippen MR) is 103 cm³/mol. The molecule has 3 aliphatic rings. The van der Waals surface area contributed by atoms with Gasteiger partial charge in [-0.25, -0.2) is 0 Å². The second-order valence-corrected chi connectivity index (χ2v) is 8.23. The van der Waals surface area contributed by atoms with Gasteiger partial charge in [0.05, 0.1) is 25.0 Å². The number of benzene rings is 1. The van der Waals surface area contributed by atoms with Crippen LogP contribution in [0.2, 0.25) is 0 Å². The number of likely N-dealkylation sites (tertiary alicyclic amines) is 1. The Bertz CT molecular complexity index is 732. The topological polar surface area (TPSA) is 75.7 Å². The van der Waals surface area contributed by atoms with Gasteiger partial charge in [0.15, 0.2) is 0 Å². The number of nitrogens with zero attached hydrogens (tertiary/aromatic N) is 1. The summed E-state index contributed by atoms with van der Waals surface area (Å²) >= 11 is 0. The van der Waals surface area contributed by atoms with Crippen LogP contribution in [-0.2, 0) is 14.4 Å². The Morgan fingerprint density at radius 3 is 2.21 bits per heavy atom. The van der Waals surface area contributed by atoms with Crippen molar-refractivity contribution in [3.63, 3.8) is 0 Å². The molecule has 0 bridgehead atoms. The Balaban J connectivity index is 1.35. The van der Waals surface area contributed by atoms with E-state index in [1.165, 1.54) is 4.90 Å². The lowest BCUT2D eigenvalue weighted by Crippen LogP contribution is -2.36. The largest absolute Gasteiger partial charge is 0.497 e. The number of nitrogens with one attached hydrogen (secondary N) is 1. The fourth-order valence-corrected chi connectivity index (χ4v) is 4.62. The van der Waals surface area contributed by atoms with Gasteiger partial charge in [0, 0.05) is 13.0 Å². The molecule has 150 valence electrons. The number of ether oxygens (including phenoxy) is 1. The van der Waals surface area contributed by atoms with E-state index < -0.39 is 0 Å². The van der Waals surface area contributed by atoms with Crippen molar-refractivity contribution in [3.05, 3.63) is 29.8 Å². The number of methoxy groups -OCH3 is 1. The normalized spacial score (nSPS) is 25.4. The van der Waals surface area contributed by atoms with Crippen LogP contribution in [0.25, 0.3) is 0 Å². The van der Waals surface area contributed by atoms with Crippen molar-refractivity contribution in [1.29, 1.82) is 0 Å². The Hall–Kier alpha value is -2.37. The Labute approximate surface area is 165 Å². The molecular formula is C22H28N2O4. The van der Waals surface area contributed by atoms with Gasteiger partial charge in [-0.05, 0) is 49.3 Å². The van der Waals surface area contributed by atoms with E-state index in [4.69, 9.17) is 4.74 Å². The first-order chi connectivity index (χ1) is 13.6. The number of amides is 3. The van der Waals surface area contributed by atoms with Crippen molar-refractivity contribution in [2.45, 2.75) is 51.0 Å². The molecule has 28 heavy (non-hydrogen) atoms. The molecule has 4 rings (SSSR count). The third-order valence-electron chi connectivity index (χ3n) is 6.38. The van der Waals surface area contributed by atoms with Crippen LogP contribution in [-0.4, -0.2) is 36.3 Å². The third kappa shape index (κ3) is 3.77. The molecule has 6 nitrogen and oxygen atoms in total. The van der Waals surface area contributed by atoms with Gasteiger partial charge in [0.1, 0.15) is 5.75 Å². The van der Waals surface area contributed by atoms with E-state index in [-0.39, 0.29) is 48.6 Å². The van der Waals surface area contributed by atoms with Crippen LogP contribution >= 0.6 is 0 Å². The van der Waals surface area contributed by atoms with Gasteiger partial charge in [-0.15, -0.1) is 0 Å². The molecule has 6 heteroatoms. The highest BCUT2D eigenvalue weighted by Crippen LogP contribution is 2.41. The first kappa shape index (κ1) is 19.0. The second kappa shape index (κ2) is 7.94. The van der Waals surface area contributed by atoms with E-state index in [0.29, 0.717) is 5.92 Å². The molecule has 2 saturated carbocycles. The summed E-state index contributed by atoms with van der Waals surface area (Å²) in [5.74, 6) is 0.689. The Kier molecular flexibility index (Phi) is 5.38. The van der Waals surface area contributed by atoms with Crippen LogP contribution < -0.4 is 10.1 Å². The van der Waals surface area contributed by atoms with Crippen LogP contribution in [0.5, 0.6) is 5.75 Å². The van der Waals surface area contributed by atoms with E-state index in [1.54, 1.807) is 7.11 Å². The average molecular weight is 384 g/mol. The molecule has 0 unspecified atom stereocenters. The molecule has 1 N–H and O–H groups in total. The van der Waals surface area contributed by atoms with Crippen molar-refractivity contribution >= 4 is 17.7 Å². The van der Waals surface area contributed by atoms with Crippen LogP contribution in [0, 0.1) is 17.8 Å². The van der Waals surface area contributed by atoms with Crippen LogP contribution in [0.3, 0.4) is 0 Å². The smallest absolute Gasteiger partial charge is 0.233 e. The first-order valence-corrected chi connectivity index (χ1v) is 10.4. The van der Waals surface area contributed by atoms with Gasteiger partial charge in [0.2, 0.25) is 17.7 Å². The van der Waals surface area contributed by atoms with Gasteiger partial charge >= 0.3 is 0 Å². The summed E-state index contributed by atoms with van der Waals surface area (Å²) in [6.07, 6.45) is 6.00. The van der Waals surface area contributed by atoms with Gasteiger partial charge in [0.25, 0.3) is 0 Å². The Morgan fingerprint density at radius 1 is 1.07 bits per heavy atom. The van der Waals surface area contributed by atoms with Gasteiger partial charge < -0.3 is 10.1 Å².